The Balaban J connectivity index is 2.50. The Morgan fingerprint density at radius 3 is 2.90 bits per heavy atom. The molecular weight excluding hydrogens is 324 g/mol. The van der Waals surface area contributed by atoms with E-state index in [0.717, 1.165) is 10.0 Å². The molecule has 1 heterocycles. The van der Waals surface area contributed by atoms with Crippen LogP contribution in [0.15, 0.2) is 38.2 Å². The first-order valence-electron chi connectivity index (χ1n) is 6.09. The van der Waals surface area contributed by atoms with E-state index in [2.05, 4.69) is 15.9 Å². The highest BCUT2D eigenvalue weighted by Gasteiger charge is 2.09. The van der Waals surface area contributed by atoms with Gasteiger partial charge in [0.05, 0.1) is 22.0 Å². The van der Waals surface area contributed by atoms with Crippen molar-refractivity contribution in [2.24, 2.45) is 0 Å². The van der Waals surface area contributed by atoms with Crippen LogP contribution in [0.25, 0.3) is 17.0 Å². The lowest BCUT2D eigenvalue weighted by Gasteiger charge is -2.02. The molecule has 2 aromatic rings. The summed E-state index contributed by atoms with van der Waals surface area (Å²) < 4.78 is 10.9. The number of fused-ring (bicyclic) bond motifs is 1. The highest BCUT2D eigenvalue weighted by atomic mass is 79.9. The predicted octanol–water partition coefficient (Wildman–Crippen LogP) is 3.44. The fourth-order valence-electron chi connectivity index (χ4n) is 1.81. The Morgan fingerprint density at radius 2 is 2.20 bits per heavy atom. The van der Waals surface area contributed by atoms with Gasteiger partial charge in [-0.15, -0.1) is 0 Å². The van der Waals surface area contributed by atoms with Crippen molar-refractivity contribution in [3.05, 3.63) is 50.3 Å². The Hall–Kier alpha value is -1.88. The molecule has 0 amide bonds. The number of aryl methyl sites for hydroxylation is 1. The number of hydrogen-bond acceptors (Lipinski definition) is 4. The van der Waals surface area contributed by atoms with Gasteiger partial charge in [-0.1, -0.05) is 0 Å². The zero-order valence-electron chi connectivity index (χ0n) is 11.1. The lowest BCUT2D eigenvalue weighted by molar-refractivity contribution is -0.137. The molecule has 0 bridgehead atoms. The minimum Gasteiger partial charge on any atom is -0.463 e. The summed E-state index contributed by atoms with van der Waals surface area (Å²) in [6.45, 7) is 3.91. The molecule has 0 unspecified atom stereocenters. The molecular formula is C15H13BrO4. The van der Waals surface area contributed by atoms with E-state index in [-0.39, 0.29) is 5.43 Å². The molecule has 2 rings (SSSR count). The molecule has 5 heteroatoms. The lowest BCUT2D eigenvalue weighted by Crippen LogP contribution is -2.06. The molecule has 0 aliphatic heterocycles. The van der Waals surface area contributed by atoms with Crippen LogP contribution < -0.4 is 5.43 Å². The number of carbonyl (C=O) groups excluding carboxylic acids is 1. The first-order chi connectivity index (χ1) is 9.52. The van der Waals surface area contributed by atoms with Gasteiger partial charge in [-0.25, -0.2) is 4.79 Å². The van der Waals surface area contributed by atoms with Crippen LogP contribution in [0.4, 0.5) is 0 Å². The van der Waals surface area contributed by atoms with Gasteiger partial charge >= 0.3 is 5.97 Å². The van der Waals surface area contributed by atoms with Gasteiger partial charge in [-0.3, -0.25) is 4.79 Å². The molecule has 1 aromatic carbocycles. The molecule has 0 radical (unpaired) electrons. The van der Waals surface area contributed by atoms with Crippen molar-refractivity contribution >= 4 is 38.9 Å². The van der Waals surface area contributed by atoms with Crippen LogP contribution in [0.1, 0.15) is 18.1 Å². The van der Waals surface area contributed by atoms with E-state index >= 15 is 0 Å². The molecule has 0 spiro atoms. The quantitative estimate of drug-likeness (QED) is 0.636. The second-order valence-electron chi connectivity index (χ2n) is 4.23. The number of benzene rings is 1. The lowest BCUT2D eigenvalue weighted by atomic mass is 10.1. The summed E-state index contributed by atoms with van der Waals surface area (Å²) >= 11 is 3.36. The molecule has 0 N–H and O–H groups in total. The largest absolute Gasteiger partial charge is 0.463 e. The third kappa shape index (κ3) is 2.99. The van der Waals surface area contributed by atoms with Gasteiger partial charge in [0.15, 0.2) is 11.0 Å². The average molecular weight is 337 g/mol. The van der Waals surface area contributed by atoms with E-state index in [0.29, 0.717) is 23.1 Å². The monoisotopic (exact) mass is 336 g/mol. The minimum absolute atomic E-state index is 0.184. The van der Waals surface area contributed by atoms with E-state index in [1.54, 1.807) is 13.0 Å². The Kier molecular flexibility index (Phi) is 4.39. The van der Waals surface area contributed by atoms with Gasteiger partial charge in [-0.05, 0) is 53.5 Å². The number of ether oxygens (including phenoxy) is 1. The Bertz CT molecular complexity index is 743. The maximum atomic E-state index is 12.3. The molecule has 0 saturated carbocycles. The molecule has 0 fully saturated rings. The number of hydrogen-bond donors (Lipinski definition) is 0. The fourth-order valence-corrected chi connectivity index (χ4v) is 2.48. The van der Waals surface area contributed by atoms with E-state index in [1.165, 1.54) is 18.4 Å². The van der Waals surface area contributed by atoms with Crippen molar-refractivity contribution in [2.45, 2.75) is 13.8 Å². The number of halogens is 1. The van der Waals surface area contributed by atoms with Crippen LogP contribution in [0, 0.1) is 6.92 Å². The van der Waals surface area contributed by atoms with Crippen LogP contribution in [0.2, 0.25) is 0 Å². The van der Waals surface area contributed by atoms with Crippen LogP contribution in [0.3, 0.4) is 0 Å². The topological polar surface area (TPSA) is 56.5 Å². The third-order valence-electron chi connectivity index (χ3n) is 2.68. The molecule has 0 aliphatic carbocycles. The highest BCUT2D eigenvalue weighted by Crippen LogP contribution is 2.24. The summed E-state index contributed by atoms with van der Waals surface area (Å²) in [6.07, 6.45) is 3.95. The Labute approximate surface area is 124 Å². The van der Waals surface area contributed by atoms with Crippen LogP contribution in [-0.4, -0.2) is 12.6 Å². The minimum atomic E-state index is -0.489. The van der Waals surface area contributed by atoms with Gasteiger partial charge in [0.1, 0.15) is 6.26 Å². The smallest absolute Gasteiger partial charge is 0.330 e. The highest BCUT2D eigenvalue weighted by molar-refractivity contribution is 9.10. The number of rotatable bonds is 3. The van der Waals surface area contributed by atoms with Crippen molar-refractivity contribution in [3.63, 3.8) is 0 Å². The van der Waals surface area contributed by atoms with Crippen molar-refractivity contribution in [1.29, 1.82) is 0 Å². The molecule has 20 heavy (non-hydrogen) atoms. The van der Waals surface area contributed by atoms with Crippen molar-refractivity contribution in [1.82, 2.24) is 0 Å². The zero-order valence-corrected chi connectivity index (χ0v) is 12.7. The second-order valence-corrected chi connectivity index (χ2v) is 5.08. The molecule has 104 valence electrons. The average Bonchev–Trinajstić information content (AvgIpc) is 2.39. The SMILES string of the molecule is CCOC(=O)C=Cc1coc2c(Br)cc(C)cc2c1=O. The van der Waals surface area contributed by atoms with Crippen LogP contribution >= 0.6 is 15.9 Å². The maximum Gasteiger partial charge on any atom is 0.330 e. The van der Waals surface area contributed by atoms with E-state index in [9.17, 15) is 9.59 Å². The fraction of sp³-hybridized carbons (Fsp3) is 0.200. The maximum absolute atomic E-state index is 12.3. The first kappa shape index (κ1) is 14.5. The predicted molar refractivity (Wildman–Crippen MR) is 80.6 cm³/mol. The van der Waals surface area contributed by atoms with Crippen LogP contribution in [-0.2, 0) is 9.53 Å². The molecule has 0 atom stereocenters. The summed E-state index contributed by atoms with van der Waals surface area (Å²) in [5.74, 6) is -0.489. The van der Waals surface area contributed by atoms with Crippen LogP contribution in [0.5, 0.6) is 0 Å². The summed E-state index contributed by atoms with van der Waals surface area (Å²) in [6, 6.07) is 3.63. The third-order valence-corrected chi connectivity index (χ3v) is 3.27. The summed E-state index contributed by atoms with van der Waals surface area (Å²) in [5, 5.41) is 0.475. The van der Waals surface area contributed by atoms with E-state index < -0.39 is 5.97 Å². The van der Waals surface area contributed by atoms with Gasteiger partial charge in [0.25, 0.3) is 0 Å². The molecule has 0 aliphatic rings. The summed E-state index contributed by atoms with van der Waals surface area (Å²) in [4.78, 5) is 23.6. The number of carbonyl (C=O) groups is 1. The molecule has 0 saturated heterocycles. The number of esters is 1. The first-order valence-corrected chi connectivity index (χ1v) is 6.88. The zero-order chi connectivity index (χ0) is 14.7. The Morgan fingerprint density at radius 1 is 1.45 bits per heavy atom. The van der Waals surface area contributed by atoms with Crippen molar-refractivity contribution in [3.8, 4) is 0 Å². The normalized spacial score (nSPS) is 11.2. The van der Waals surface area contributed by atoms with Gasteiger partial charge in [0, 0.05) is 6.08 Å². The summed E-state index contributed by atoms with van der Waals surface area (Å²) in [7, 11) is 0. The standard InChI is InChI=1S/C15H13BrO4/c1-3-19-13(17)5-4-10-8-20-15-11(14(10)18)6-9(2)7-12(15)16/h4-8H,3H2,1-2H3. The second kappa shape index (κ2) is 6.05. The van der Waals surface area contributed by atoms with Gasteiger partial charge < -0.3 is 9.15 Å². The molecule has 1 aromatic heterocycles. The van der Waals surface area contributed by atoms with Gasteiger partial charge in [0.2, 0.25) is 0 Å². The van der Waals surface area contributed by atoms with E-state index in [1.807, 2.05) is 13.0 Å². The van der Waals surface area contributed by atoms with Crippen molar-refractivity contribution in [2.75, 3.05) is 6.61 Å². The summed E-state index contributed by atoms with van der Waals surface area (Å²) in [5.41, 5.74) is 1.57. The van der Waals surface area contributed by atoms with E-state index in [4.69, 9.17) is 9.15 Å². The van der Waals surface area contributed by atoms with Gasteiger partial charge in [-0.2, -0.15) is 0 Å². The van der Waals surface area contributed by atoms with Crippen molar-refractivity contribution < 1.29 is 13.9 Å². The molecule has 4 nitrogen and oxygen atoms in total.